The number of nitrogens with zero attached hydrogens (tertiary/aromatic N) is 2. The van der Waals surface area contributed by atoms with Crippen LogP contribution in [0.25, 0.3) is 0 Å². The second-order valence-electron chi connectivity index (χ2n) is 7.54. The molecule has 150 valence electrons. The van der Waals surface area contributed by atoms with E-state index in [1.165, 1.54) is 0 Å². The molecular weight excluding hydrogens is 366 g/mol. The number of ether oxygens (including phenoxy) is 3. The standard InChI is InChI=1S/C19H23N3O6/c1-12-9-21(5-6-26-12)16(23)10-22-17(24)19(2,20-18(22)25)8-13-3-4-14-15(7-13)28-11-27-14/h3-4,7,12H,5-6,8-11H2,1-2H3,(H,20,25)/t12-,19-/m1/s1. The first-order valence-corrected chi connectivity index (χ1v) is 9.28. The third kappa shape index (κ3) is 3.37. The molecule has 1 N–H and O–H groups in total. The van der Waals surface area contributed by atoms with Gasteiger partial charge in [0.1, 0.15) is 12.1 Å². The topological polar surface area (TPSA) is 97.4 Å². The van der Waals surface area contributed by atoms with Crippen LogP contribution in [0.15, 0.2) is 18.2 Å². The molecule has 0 unspecified atom stereocenters. The fourth-order valence-corrected chi connectivity index (χ4v) is 3.75. The molecule has 4 rings (SSSR count). The zero-order chi connectivity index (χ0) is 19.9. The van der Waals surface area contributed by atoms with Gasteiger partial charge in [-0.2, -0.15) is 0 Å². The number of carbonyl (C=O) groups excluding carboxylic acids is 3. The molecule has 0 spiro atoms. The Morgan fingerprint density at radius 3 is 2.86 bits per heavy atom. The van der Waals surface area contributed by atoms with Crippen molar-refractivity contribution in [3.8, 4) is 11.5 Å². The van der Waals surface area contributed by atoms with E-state index in [1.807, 2.05) is 13.0 Å². The molecule has 3 heterocycles. The van der Waals surface area contributed by atoms with Crippen molar-refractivity contribution >= 4 is 17.8 Å². The van der Waals surface area contributed by atoms with Crippen molar-refractivity contribution in [2.45, 2.75) is 31.9 Å². The van der Waals surface area contributed by atoms with Gasteiger partial charge < -0.3 is 24.4 Å². The zero-order valence-electron chi connectivity index (χ0n) is 15.9. The van der Waals surface area contributed by atoms with Crippen molar-refractivity contribution in [1.82, 2.24) is 15.1 Å². The highest BCUT2D eigenvalue weighted by molar-refractivity contribution is 6.09. The Kier molecular flexibility index (Phi) is 4.62. The number of morpholine rings is 1. The summed E-state index contributed by atoms with van der Waals surface area (Å²) in [7, 11) is 0. The van der Waals surface area contributed by atoms with E-state index in [1.54, 1.807) is 24.0 Å². The van der Waals surface area contributed by atoms with E-state index in [9.17, 15) is 14.4 Å². The fourth-order valence-electron chi connectivity index (χ4n) is 3.75. The quantitative estimate of drug-likeness (QED) is 0.754. The van der Waals surface area contributed by atoms with E-state index < -0.39 is 17.5 Å². The van der Waals surface area contributed by atoms with Gasteiger partial charge in [0.25, 0.3) is 5.91 Å². The van der Waals surface area contributed by atoms with E-state index >= 15 is 0 Å². The molecule has 0 bridgehead atoms. The molecule has 0 radical (unpaired) electrons. The highest BCUT2D eigenvalue weighted by Crippen LogP contribution is 2.34. The lowest BCUT2D eigenvalue weighted by molar-refractivity contribution is -0.143. The van der Waals surface area contributed by atoms with Crippen molar-refractivity contribution in [3.63, 3.8) is 0 Å². The molecular formula is C19H23N3O6. The van der Waals surface area contributed by atoms with Crippen molar-refractivity contribution in [3.05, 3.63) is 23.8 Å². The average Bonchev–Trinajstić information content (AvgIpc) is 3.19. The van der Waals surface area contributed by atoms with Crippen LogP contribution in [-0.2, 0) is 20.7 Å². The van der Waals surface area contributed by atoms with Crippen LogP contribution in [-0.4, -0.2) is 72.3 Å². The van der Waals surface area contributed by atoms with E-state index in [4.69, 9.17) is 14.2 Å². The van der Waals surface area contributed by atoms with Gasteiger partial charge in [-0.1, -0.05) is 6.07 Å². The van der Waals surface area contributed by atoms with Gasteiger partial charge in [-0.15, -0.1) is 0 Å². The Balaban J connectivity index is 1.44. The fraction of sp³-hybridized carbons (Fsp3) is 0.526. The molecule has 9 heteroatoms. The third-order valence-corrected chi connectivity index (χ3v) is 5.23. The first kappa shape index (κ1) is 18.5. The minimum Gasteiger partial charge on any atom is -0.454 e. The molecule has 0 aliphatic carbocycles. The molecule has 2 atom stereocenters. The largest absolute Gasteiger partial charge is 0.454 e. The molecule has 9 nitrogen and oxygen atoms in total. The lowest BCUT2D eigenvalue weighted by atomic mass is 9.92. The first-order chi connectivity index (χ1) is 13.4. The summed E-state index contributed by atoms with van der Waals surface area (Å²) in [6.07, 6.45) is 0.227. The Morgan fingerprint density at radius 2 is 2.07 bits per heavy atom. The maximum atomic E-state index is 12.9. The molecule has 2 fully saturated rings. The maximum absolute atomic E-state index is 12.9. The lowest BCUT2D eigenvalue weighted by Gasteiger charge is -2.32. The Hall–Kier alpha value is -2.81. The van der Waals surface area contributed by atoms with Crippen LogP contribution in [0, 0.1) is 0 Å². The van der Waals surface area contributed by atoms with Gasteiger partial charge in [-0.3, -0.25) is 14.5 Å². The highest BCUT2D eigenvalue weighted by atomic mass is 16.7. The van der Waals surface area contributed by atoms with Crippen molar-refractivity contribution in [1.29, 1.82) is 0 Å². The van der Waals surface area contributed by atoms with Gasteiger partial charge in [0, 0.05) is 19.5 Å². The number of fused-ring (bicyclic) bond motifs is 1. The van der Waals surface area contributed by atoms with Gasteiger partial charge in [-0.25, -0.2) is 4.79 Å². The van der Waals surface area contributed by atoms with Crippen LogP contribution in [0.5, 0.6) is 11.5 Å². The molecule has 4 amide bonds. The number of carbonyl (C=O) groups is 3. The summed E-state index contributed by atoms with van der Waals surface area (Å²) in [6, 6.07) is 4.86. The monoisotopic (exact) mass is 389 g/mol. The number of amides is 4. The number of hydrogen-bond acceptors (Lipinski definition) is 6. The number of hydrogen-bond donors (Lipinski definition) is 1. The molecule has 1 aromatic rings. The molecule has 0 aromatic heterocycles. The maximum Gasteiger partial charge on any atom is 0.325 e. The van der Waals surface area contributed by atoms with Crippen molar-refractivity contribution in [2.24, 2.45) is 0 Å². The van der Waals surface area contributed by atoms with Crippen LogP contribution < -0.4 is 14.8 Å². The predicted octanol–water partition coefficient (Wildman–Crippen LogP) is 0.516. The lowest BCUT2D eigenvalue weighted by Crippen LogP contribution is -2.50. The van der Waals surface area contributed by atoms with Gasteiger partial charge in [0.2, 0.25) is 12.7 Å². The number of urea groups is 1. The highest BCUT2D eigenvalue weighted by Gasteiger charge is 2.48. The normalized spacial score (nSPS) is 26.6. The second-order valence-corrected chi connectivity index (χ2v) is 7.54. The molecule has 3 aliphatic heterocycles. The summed E-state index contributed by atoms with van der Waals surface area (Å²) in [5.41, 5.74) is -0.292. The number of nitrogens with one attached hydrogen (secondary N) is 1. The predicted molar refractivity (Wildman–Crippen MR) is 96.9 cm³/mol. The van der Waals surface area contributed by atoms with Gasteiger partial charge in [-0.05, 0) is 31.5 Å². The van der Waals surface area contributed by atoms with Crippen LogP contribution in [0.1, 0.15) is 19.4 Å². The Morgan fingerprint density at radius 1 is 1.29 bits per heavy atom. The smallest absolute Gasteiger partial charge is 0.325 e. The minimum absolute atomic E-state index is 0.0583. The van der Waals surface area contributed by atoms with Gasteiger partial charge >= 0.3 is 6.03 Å². The minimum atomic E-state index is -1.12. The van der Waals surface area contributed by atoms with E-state index in [2.05, 4.69) is 5.32 Å². The summed E-state index contributed by atoms with van der Waals surface area (Å²) >= 11 is 0. The van der Waals surface area contributed by atoms with E-state index in [0.29, 0.717) is 31.2 Å². The van der Waals surface area contributed by atoms with Gasteiger partial charge in [0.15, 0.2) is 11.5 Å². The van der Waals surface area contributed by atoms with Crippen LogP contribution in [0.4, 0.5) is 4.79 Å². The molecule has 2 saturated heterocycles. The second kappa shape index (κ2) is 6.97. The first-order valence-electron chi connectivity index (χ1n) is 9.28. The van der Waals surface area contributed by atoms with Crippen LogP contribution >= 0.6 is 0 Å². The summed E-state index contributed by atoms with van der Waals surface area (Å²) < 4.78 is 16.1. The van der Waals surface area contributed by atoms with E-state index in [0.717, 1.165) is 10.5 Å². The summed E-state index contributed by atoms with van der Waals surface area (Å²) in [6.45, 7) is 4.82. The zero-order valence-corrected chi connectivity index (χ0v) is 15.9. The Bertz CT molecular complexity index is 828. The summed E-state index contributed by atoms with van der Waals surface area (Å²) in [4.78, 5) is 40.5. The van der Waals surface area contributed by atoms with Gasteiger partial charge in [0.05, 0.1) is 12.7 Å². The average molecular weight is 389 g/mol. The number of rotatable bonds is 4. The SMILES string of the molecule is C[C@@H]1CN(C(=O)CN2C(=O)N[C@](C)(Cc3ccc4c(c3)OCO4)C2=O)CCO1. The molecule has 1 aromatic carbocycles. The summed E-state index contributed by atoms with van der Waals surface area (Å²) in [5.74, 6) is 0.602. The van der Waals surface area contributed by atoms with Crippen molar-refractivity contribution < 1.29 is 28.6 Å². The number of benzene rings is 1. The number of imide groups is 1. The summed E-state index contributed by atoms with van der Waals surface area (Å²) in [5, 5.41) is 2.73. The molecule has 28 heavy (non-hydrogen) atoms. The van der Waals surface area contributed by atoms with Crippen LogP contribution in [0.3, 0.4) is 0 Å². The van der Waals surface area contributed by atoms with Crippen molar-refractivity contribution in [2.75, 3.05) is 33.0 Å². The third-order valence-electron chi connectivity index (χ3n) is 5.23. The van der Waals surface area contributed by atoms with Crippen LogP contribution in [0.2, 0.25) is 0 Å². The Labute approximate surface area is 162 Å². The molecule has 3 aliphatic rings. The molecule has 0 saturated carbocycles. The van der Waals surface area contributed by atoms with E-state index in [-0.39, 0.29) is 31.8 Å².